The van der Waals surface area contributed by atoms with Gasteiger partial charge in [-0.1, -0.05) is 5.16 Å². The van der Waals surface area contributed by atoms with Crippen molar-refractivity contribution in [2.45, 2.75) is 45.4 Å². The molecule has 2 aromatic heterocycles. The van der Waals surface area contributed by atoms with Crippen LogP contribution >= 0.6 is 0 Å². The van der Waals surface area contributed by atoms with Gasteiger partial charge < -0.3 is 9.42 Å². The molecule has 1 aliphatic heterocycles. The van der Waals surface area contributed by atoms with Crippen LogP contribution in [0, 0.1) is 13.8 Å². The van der Waals surface area contributed by atoms with E-state index in [4.69, 9.17) is 4.52 Å². The molecule has 1 saturated heterocycles. The van der Waals surface area contributed by atoms with Gasteiger partial charge in [-0.15, -0.1) is 0 Å². The SMILES string of the molecule is Cc1noc(C)c1[C@@H](C)C(=O)N1CCC[C@H](c2ccn[nH]2)C1. The number of carbonyl (C=O) groups is 1. The van der Waals surface area contributed by atoms with Gasteiger partial charge in [0.15, 0.2) is 0 Å². The van der Waals surface area contributed by atoms with Crippen molar-refractivity contribution in [3.05, 3.63) is 35.0 Å². The molecule has 0 saturated carbocycles. The Balaban J connectivity index is 1.74. The number of piperidine rings is 1. The minimum atomic E-state index is -0.216. The Bertz CT molecular complexity index is 628. The van der Waals surface area contributed by atoms with E-state index in [1.54, 1.807) is 6.20 Å². The topological polar surface area (TPSA) is 75.0 Å². The predicted octanol–water partition coefficient (Wildman–Crippen LogP) is 2.52. The minimum Gasteiger partial charge on any atom is -0.361 e. The Morgan fingerprint density at radius 1 is 1.50 bits per heavy atom. The van der Waals surface area contributed by atoms with Crippen LogP contribution in [-0.4, -0.2) is 39.3 Å². The normalized spacial score (nSPS) is 20.1. The van der Waals surface area contributed by atoms with E-state index in [-0.39, 0.29) is 11.8 Å². The van der Waals surface area contributed by atoms with Gasteiger partial charge in [0.05, 0.1) is 11.6 Å². The summed E-state index contributed by atoms with van der Waals surface area (Å²) in [4.78, 5) is 14.8. The van der Waals surface area contributed by atoms with Crippen LogP contribution in [0.2, 0.25) is 0 Å². The van der Waals surface area contributed by atoms with Crippen LogP contribution < -0.4 is 0 Å². The third-order valence-electron chi connectivity index (χ3n) is 4.59. The summed E-state index contributed by atoms with van der Waals surface area (Å²) >= 11 is 0. The fourth-order valence-corrected chi connectivity index (χ4v) is 3.43. The van der Waals surface area contributed by atoms with Gasteiger partial charge in [-0.3, -0.25) is 9.89 Å². The van der Waals surface area contributed by atoms with E-state index in [1.807, 2.05) is 31.7 Å². The Morgan fingerprint density at radius 2 is 2.32 bits per heavy atom. The van der Waals surface area contributed by atoms with E-state index in [0.717, 1.165) is 48.6 Å². The molecule has 22 heavy (non-hydrogen) atoms. The number of nitrogens with one attached hydrogen (secondary N) is 1. The van der Waals surface area contributed by atoms with E-state index in [0.29, 0.717) is 5.92 Å². The van der Waals surface area contributed by atoms with Crippen LogP contribution in [0.1, 0.15) is 54.3 Å². The lowest BCUT2D eigenvalue weighted by molar-refractivity contribution is -0.133. The molecule has 3 heterocycles. The summed E-state index contributed by atoms with van der Waals surface area (Å²) < 4.78 is 5.20. The second-order valence-corrected chi connectivity index (χ2v) is 6.09. The highest BCUT2D eigenvalue weighted by atomic mass is 16.5. The molecule has 0 radical (unpaired) electrons. The van der Waals surface area contributed by atoms with Crippen molar-refractivity contribution < 1.29 is 9.32 Å². The van der Waals surface area contributed by atoms with Crippen molar-refractivity contribution in [1.82, 2.24) is 20.3 Å². The molecule has 0 aromatic carbocycles. The molecule has 6 heteroatoms. The maximum atomic E-state index is 12.8. The number of carbonyl (C=O) groups excluding carboxylic acids is 1. The molecule has 0 bridgehead atoms. The largest absolute Gasteiger partial charge is 0.361 e. The average Bonchev–Trinajstić information content (AvgIpc) is 3.16. The molecule has 0 spiro atoms. The first-order valence-corrected chi connectivity index (χ1v) is 7.78. The summed E-state index contributed by atoms with van der Waals surface area (Å²) in [6, 6.07) is 2.00. The lowest BCUT2D eigenvalue weighted by Gasteiger charge is -2.34. The molecule has 1 amide bonds. The summed E-state index contributed by atoms with van der Waals surface area (Å²) in [5.41, 5.74) is 2.84. The molecule has 118 valence electrons. The van der Waals surface area contributed by atoms with Crippen LogP contribution in [0.25, 0.3) is 0 Å². The third-order valence-corrected chi connectivity index (χ3v) is 4.59. The fraction of sp³-hybridized carbons (Fsp3) is 0.562. The number of aryl methyl sites for hydroxylation is 2. The van der Waals surface area contributed by atoms with E-state index in [1.165, 1.54) is 0 Å². The summed E-state index contributed by atoms with van der Waals surface area (Å²) in [6.45, 7) is 7.25. The molecule has 0 aliphatic carbocycles. The number of hydrogen-bond acceptors (Lipinski definition) is 4. The van der Waals surface area contributed by atoms with Crippen LogP contribution in [0.5, 0.6) is 0 Å². The fourth-order valence-electron chi connectivity index (χ4n) is 3.43. The Morgan fingerprint density at radius 3 is 2.95 bits per heavy atom. The van der Waals surface area contributed by atoms with Crippen molar-refractivity contribution in [2.75, 3.05) is 13.1 Å². The number of likely N-dealkylation sites (tertiary alicyclic amines) is 1. The Labute approximate surface area is 129 Å². The number of H-pyrrole nitrogens is 1. The lowest BCUT2D eigenvalue weighted by Crippen LogP contribution is -2.41. The second-order valence-electron chi connectivity index (χ2n) is 6.09. The van der Waals surface area contributed by atoms with E-state index in [2.05, 4.69) is 15.4 Å². The summed E-state index contributed by atoms with van der Waals surface area (Å²) in [5.74, 6) is 1.02. The van der Waals surface area contributed by atoms with Crippen molar-refractivity contribution in [1.29, 1.82) is 0 Å². The minimum absolute atomic E-state index is 0.151. The quantitative estimate of drug-likeness (QED) is 0.945. The number of hydrogen-bond donors (Lipinski definition) is 1. The maximum Gasteiger partial charge on any atom is 0.230 e. The zero-order valence-corrected chi connectivity index (χ0v) is 13.3. The second kappa shape index (κ2) is 5.94. The molecule has 1 N–H and O–H groups in total. The van der Waals surface area contributed by atoms with E-state index < -0.39 is 0 Å². The molecule has 0 unspecified atom stereocenters. The highest BCUT2D eigenvalue weighted by Gasteiger charge is 2.31. The Hall–Kier alpha value is -2.11. The van der Waals surface area contributed by atoms with Crippen molar-refractivity contribution >= 4 is 5.91 Å². The molecule has 2 aromatic rings. The van der Waals surface area contributed by atoms with Gasteiger partial charge in [-0.25, -0.2) is 0 Å². The Kier molecular flexibility index (Phi) is 4.00. The van der Waals surface area contributed by atoms with Crippen LogP contribution in [0.4, 0.5) is 0 Å². The zero-order chi connectivity index (χ0) is 15.7. The number of aromatic amines is 1. The highest BCUT2D eigenvalue weighted by Crippen LogP contribution is 2.30. The summed E-state index contributed by atoms with van der Waals surface area (Å²) in [5, 5.41) is 11.0. The molecule has 1 aliphatic rings. The molecule has 1 fully saturated rings. The van der Waals surface area contributed by atoms with Gasteiger partial charge in [0, 0.05) is 36.5 Å². The first kappa shape index (κ1) is 14.8. The number of aromatic nitrogens is 3. The van der Waals surface area contributed by atoms with Gasteiger partial charge >= 0.3 is 0 Å². The number of amides is 1. The van der Waals surface area contributed by atoms with Gasteiger partial charge in [0.2, 0.25) is 5.91 Å². The van der Waals surface area contributed by atoms with Gasteiger partial charge in [0.25, 0.3) is 0 Å². The van der Waals surface area contributed by atoms with Crippen molar-refractivity contribution in [3.8, 4) is 0 Å². The van der Waals surface area contributed by atoms with Gasteiger partial charge in [-0.2, -0.15) is 5.10 Å². The molecule has 6 nitrogen and oxygen atoms in total. The van der Waals surface area contributed by atoms with Crippen molar-refractivity contribution in [3.63, 3.8) is 0 Å². The zero-order valence-electron chi connectivity index (χ0n) is 13.3. The average molecular weight is 302 g/mol. The summed E-state index contributed by atoms with van der Waals surface area (Å²) in [7, 11) is 0. The maximum absolute atomic E-state index is 12.8. The first-order valence-electron chi connectivity index (χ1n) is 7.78. The smallest absolute Gasteiger partial charge is 0.230 e. The number of nitrogens with zero attached hydrogens (tertiary/aromatic N) is 3. The van der Waals surface area contributed by atoms with Crippen LogP contribution in [-0.2, 0) is 4.79 Å². The number of rotatable bonds is 3. The molecular weight excluding hydrogens is 280 g/mol. The van der Waals surface area contributed by atoms with E-state index in [9.17, 15) is 4.79 Å². The molecular formula is C16H22N4O2. The monoisotopic (exact) mass is 302 g/mol. The third kappa shape index (κ3) is 2.65. The van der Waals surface area contributed by atoms with Crippen LogP contribution in [0.15, 0.2) is 16.8 Å². The first-order chi connectivity index (χ1) is 10.6. The van der Waals surface area contributed by atoms with Gasteiger partial charge in [0.1, 0.15) is 5.76 Å². The van der Waals surface area contributed by atoms with Crippen LogP contribution in [0.3, 0.4) is 0 Å². The van der Waals surface area contributed by atoms with E-state index >= 15 is 0 Å². The predicted molar refractivity (Wildman–Crippen MR) is 81.5 cm³/mol. The highest BCUT2D eigenvalue weighted by molar-refractivity contribution is 5.84. The summed E-state index contributed by atoms with van der Waals surface area (Å²) in [6.07, 6.45) is 3.87. The van der Waals surface area contributed by atoms with Gasteiger partial charge in [-0.05, 0) is 39.7 Å². The standard InChI is InChI=1S/C16H22N4O2/c1-10(15-11(2)19-22-12(15)3)16(21)20-8-4-5-13(9-20)14-6-7-17-18-14/h6-7,10,13H,4-5,8-9H2,1-3H3,(H,17,18)/t10-,13+/m1/s1. The molecule has 2 atom stereocenters. The lowest BCUT2D eigenvalue weighted by atomic mass is 9.92. The molecule has 3 rings (SSSR count). The van der Waals surface area contributed by atoms with Crippen molar-refractivity contribution in [2.24, 2.45) is 0 Å².